The lowest BCUT2D eigenvalue weighted by molar-refractivity contribution is 0.165. The number of nitrogens with zero attached hydrogens (tertiary/aromatic N) is 2. The van der Waals surface area contributed by atoms with Gasteiger partial charge in [-0.1, -0.05) is 18.2 Å². The van der Waals surface area contributed by atoms with E-state index < -0.39 is 0 Å². The van der Waals surface area contributed by atoms with Gasteiger partial charge in [0.05, 0.1) is 0 Å². The highest BCUT2D eigenvalue weighted by Gasteiger charge is 2.21. The smallest absolute Gasteiger partial charge is 0.319 e. The van der Waals surface area contributed by atoms with Crippen LogP contribution in [0.2, 0.25) is 0 Å². The Kier molecular flexibility index (Phi) is 4.99. The number of hydrogen-bond donors (Lipinski definition) is 1. The summed E-state index contributed by atoms with van der Waals surface area (Å²) >= 11 is 0. The highest BCUT2D eigenvalue weighted by molar-refractivity contribution is 5.85. The quantitative estimate of drug-likeness (QED) is 0.842. The number of carbonyl (C=O) groups excluding carboxylic acids is 1. The highest BCUT2D eigenvalue weighted by atomic mass is 35.5. The molecule has 1 aliphatic heterocycles. The maximum absolute atomic E-state index is 11.9. The van der Waals surface area contributed by atoms with Crippen molar-refractivity contribution in [3.63, 3.8) is 0 Å². The van der Waals surface area contributed by atoms with Crippen LogP contribution in [0.3, 0.4) is 0 Å². The van der Waals surface area contributed by atoms with E-state index in [0.29, 0.717) is 13.1 Å². The first-order chi connectivity index (χ1) is 8.11. The van der Waals surface area contributed by atoms with Gasteiger partial charge in [-0.25, -0.2) is 4.79 Å². The number of fused-ring (bicyclic) bond motifs is 1. The van der Waals surface area contributed by atoms with E-state index in [4.69, 9.17) is 5.73 Å². The molecule has 0 fully saturated rings. The van der Waals surface area contributed by atoms with Crippen molar-refractivity contribution >= 4 is 18.4 Å². The zero-order valence-corrected chi connectivity index (χ0v) is 11.7. The number of amides is 2. The minimum Gasteiger partial charge on any atom is -0.331 e. The number of nitrogens with two attached hydrogens (primary N) is 1. The molecule has 2 amide bonds. The molecule has 2 N–H and O–H groups in total. The molecule has 0 bridgehead atoms. The van der Waals surface area contributed by atoms with E-state index >= 15 is 0 Å². The zero-order valence-electron chi connectivity index (χ0n) is 10.8. The molecule has 18 heavy (non-hydrogen) atoms. The SMILES string of the molecule is CN(C)C(=O)N1CCc2ccc(CN)cc2C1.Cl. The van der Waals surface area contributed by atoms with E-state index in [1.54, 1.807) is 19.0 Å². The molecular formula is C13H20ClN3O. The summed E-state index contributed by atoms with van der Waals surface area (Å²) in [5, 5.41) is 0. The van der Waals surface area contributed by atoms with Gasteiger partial charge in [-0.2, -0.15) is 0 Å². The average molecular weight is 270 g/mol. The minimum atomic E-state index is 0. The third-order valence-electron chi connectivity index (χ3n) is 3.17. The van der Waals surface area contributed by atoms with Crippen LogP contribution in [0.1, 0.15) is 16.7 Å². The predicted octanol–water partition coefficient (Wildman–Crippen LogP) is 1.61. The third-order valence-corrected chi connectivity index (χ3v) is 3.17. The largest absolute Gasteiger partial charge is 0.331 e. The van der Waals surface area contributed by atoms with E-state index in [0.717, 1.165) is 18.5 Å². The van der Waals surface area contributed by atoms with E-state index in [-0.39, 0.29) is 18.4 Å². The van der Waals surface area contributed by atoms with Gasteiger partial charge in [0, 0.05) is 33.7 Å². The Balaban J connectivity index is 0.00000162. The van der Waals surface area contributed by atoms with Gasteiger partial charge in [-0.05, 0) is 23.1 Å². The predicted molar refractivity (Wildman–Crippen MR) is 74.8 cm³/mol. The normalized spacial score (nSPS) is 13.6. The van der Waals surface area contributed by atoms with Crippen molar-refractivity contribution in [1.82, 2.24) is 9.80 Å². The minimum absolute atomic E-state index is 0. The van der Waals surface area contributed by atoms with Gasteiger partial charge >= 0.3 is 6.03 Å². The lowest BCUT2D eigenvalue weighted by Gasteiger charge is -2.31. The summed E-state index contributed by atoms with van der Waals surface area (Å²) < 4.78 is 0. The molecule has 0 saturated heterocycles. The standard InChI is InChI=1S/C13H19N3O.ClH/c1-15(2)13(17)16-6-5-11-4-3-10(8-14)7-12(11)9-16;/h3-4,7H,5-6,8-9,14H2,1-2H3;1H. The van der Waals surface area contributed by atoms with Crippen molar-refractivity contribution in [2.45, 2.75) is 19.5 Å². The van der Waals surface area contributed by atoms with Crippen LogP contribution < -0.4 is 5.73 Å². The van der Waals surface area contributed by atoms with Crippen LogP contribution in [0.4, 0.5) is 4.79 Å². The summed E-state index contributed by atoms with van der Waals surface area (Å²) in [5.41, 5.74) is 9.33. The molecule has 0 saturated carbocycles. The molecule has 0 aromatic heterocycles. The van der Waals surface area contributed by atoms with Crippen LogP contribution in [-0.2, 0) is 19.5 Å². The molecule has 1 aromatic carbocycles. The molecule has 0 spiro atoms. The van der Waals surface area contributed by atoms with Crippen molar-refractivity contribution in [2.75, 3.05) is 20.6 Å². The summed E-state index contributed by atoms with van der Waals surface area (Å²) in [4.78, 5) is 15.4. The molecule has 5 heteroatoms. The Hall–Kier alpha value is -1.26. The fraction of sp³-hybridized carbons (Fsp3) is 0.462. The molecule has 0 radical (unpaired) electrons. The monoisotopic (exact) mass is 269 g/mol. The molecule has 1 aromatic rings. The van der Waals surface area contributed by atoms with Crippen molar-refractivity contribution in [3.05, 3.63) is 34.9 Å². The van der Waals surface area contributed by atoms with Crippen LogP contribution in [-0.4, -0.2) is 36.5 Å². The summed E-state index contributed by atoms with van der Waals surface area (Å²) in [6.45, 7) is 2.04. The summed E-state index contributed by atoms with van der Waals surface area (Å²) in [5.74, 6) is 0. The topological polar surface area (TPSA) is 49.6 Å². The van der Waals surface area contributed by atoms with Gasteiger partial charge in [0.1, 0.15) is 0 Å². The lowest BCUT2D eigenvalue weighted by atomic mass is 9.97. The highest BCUT2D eigenvalue weighted by Crippen LogP contribution is 2.20. The average Bonchev–Trinajstić information content (AvgIpc) is 2.36. The first kappa shape index (κ1) is 14.8. The second-order valence-electron chi connectivity index (χ2n) is 4.66. The fourth-order valence-electron chi connectivity index (χ4n) is 2.18. The zero-order chi connectivity index (χ0) is 12.4. The number of hydrogen-bond acceptors (Lipinski definition) is 2. The number of halogens is 1. The van der Waals surface area contributed by atoms with Crippen LogP contribution >= 0.6 is 12.4 Å². The molecular weight excluding hydrogens is 250 g/mol. The van der Waals surface area contributed by atoms with Gasteiger partial charge in [0.2, 0.25) is 0 Å². The van der Waals surface area contributed by atoms with E-state index in [1.165, 1.54) is 11.1 Å². The van der Waals surface area contributed by atoms with Gasteiger partial charge in [0.25, 0.3) is 0 Å². The molecule has 0 aliphatic carbocycles. The van der Waals surface area contributed by atoms with Gasteiger partial charge in [0.15, 0.2) is 0 Å². The molecule has 0 unspecified atom stereocenters. The van der Waals surface area contributed by atoms with Crippen molar-refractivity contribution < 1.29 is 4.79 Å². The van der Waals surface area contributed by atoms with Gasteiger partial charge in [-0.15, -0.1) is 12.4 Å². The van der Waals surface area contributed by atoms with Crippen molar-refractivity contribution in [1.29, 1.82) is 0 Å². The number of carbonyl (C=O) groups is 1. The second-order valence-corrected chi connectivity index (χ2v) is 4.66. The summed E-state index contributed by atoms with van der Waals surface area (Å²) in [6, 6.07) is 6.40. The maximum Gasteiger partial charge on any atom is 0.319 e. The Labute approximate surface area is 114 Å². The van der Waals surface area contributed by atoms with Crippen molar-refractivity contribution in [2.24, 2.45) is 5.73 Å². The maximum atomic E-state index is 11.9. The molecule has 1 heterocycles. The molecule has 4 nitrogen and oxygen atoms in total. The molecule has 2 rings (SSSR count). The fourth-order valence-corrected chi connectivity index (χ4v) is 2.18. The van der Waals surface area contributed by atoms with Crippen LogP contribution in [0.5, 0.6) is 0 Å². The number of urea groups is 1. The third kappa shape index (κ3) is 2.94. The number of benzene rings is 1. The van der Waals surface area contributed by atoms with Crippen LogP contribution in [0.25, 0.3) is 0 Å². The molecule has 0 atom stereocenters. The first-order valence-corrected chi connectivity index (χ1v) is 5.89. The Morgan fingerprint density at radius 2 is 2.11 bits per heavy atom. The van der Waals surface area contributed by atoms with Gasteiger partial charge in [-0.3, -0.25) is 0 Å². The van der Waals surface area contributed by atoms with Gasteiger partial charge < -0.3 is 15.5 Å². The van der Waals surface area contributed by atoms with Crippen LogP contribution in [0.15, 0.2) is 18.2 Å². The molecule has 100 valence electrons. The van der Waals surface area contributed by atoms with E-state index in [2.05, 4.69) is 18.2 Å². The Morgan fingerprint density at radius 3 is 2.72 bits per heavy atom. The Morgan fingerprint density at radius 1 is 1.39 bits per heavy atom. The van der Waals surface area contributed by atoms with Crippen LogP contribution in [0, 0.1) is 0 Å². The first-order valence-electron chi connectivity index (χ1n) is 5.89. The number of rotatable bonds is 1. The second kappa shape index (κ2) is 6.07. The van der Waals surface area contributed by atoms with E-state index in [1.807, 2.05) is 4.90 Å². The molecule has 1 aliphatic rings. The summed E-state index contributed by atoms with van der Waals surface area (Å²) in [6.07, 6.45) is 0.930. The van der Waals surface area contributed by atoms with Crippen molar-refractivity contribution in [3.8, 4) is 0 Å². The summed E-state index contributed by atoms with van der Waals surface area (Å²) in [7, 11) is 3.57. The lowest BCUT2D eigenvalue weighted by Crippen LogP contribution is -2.42. The van der Waals surface area contributed by atoms with E-state index in [9.17, 15) is 4.79 Å². The Bertz CT molecular complexity index is 434.